The van der Waals surface area contributed by atoms with Gasteiger partial charge in [-0.25, -0.2) is 4.79 Å². The van der Waals surface area contributed by atoms with Crippen LogP contribution in [0.3, 0.4) is 0 Å². The molecule has 0 atom stereocenters. The largest absolute Gasteiger partial charge is 0.444 e. The van der Waals surface area contributed by atoms with Crippen LogP contribution in [0.1, 0.15) is 27.2 Å². The van der Waals surface area contributed by atoms with Crippen molar-refractivity contribution in [3.8, 4) is 0 Å². The number of rotatable bonds is 3. The van der Waals surface area contributed by atoms with E-state index in [-0.39, 0.29) is 6.09 Å². The number of hydrogen-bond donors (Lipinski definition) is 0. The lowest BCUT2D eigenvalue weighted by Crippen LogP contribution is -2.50. The third kappa shape index (κ3) is 5.17. The fourth-order valence-corrected chi connectivity index (χ4v) is 1.72. The highest BCUT2D eigenvalue weighted by molar-refractivity contribution is 5.68. The lowest BCUT2D eigenvalue weighted by Gasteiger charge is -2.35. The molecule has 1 rings (SSSR count). The zero-order valence-corrected chi connectivity index (χ0v) is 10.9. The number of nitrogens with zero attached hydrogens (tertiary/aromatic N) is 2. The fourth-order valence-electron chi connectivity index (χ4n) is 1.72. The molecule has 1 aliphatic heterocycles. The second-order valence-electron chi connectivity index (χ2n) is 5.26. The number of hydrogen-bond acceptors (Lipinski definition) is 4. The van der Waals surface area contributed by atoms with Gasteiger partial charge >= 0.3 is 6.09 Å². The van der Waals surface area contributed by atoms with Gasteiger partial charge in [0.2, 0.25) is 0 Å². The van der Waals surface area contributed by atoms with E-state index in [9.17, 15) is 9.59 Å². The summed E-state index contributed by atoms with van der Waals surface area (Å²) >= 11 is 0. The summed E-state index contributed by atoms with van der Waals surface area (Å²) in [5.74, 6) is 0. The van der Waals surface area contributed by atoms with E-state index in [1.54, 1.807) is 4.90 Å². The first-order valence-corrected chi connectivity index (χ1v) is 6.06. The Labute approximate surface area is 103 Å². The first kappa shape index (κ1) is 14.0. The number of amides is 1. The van der Waals surface area contributed by atoms with Gasteiger partial charge in [-0.05, 0) is 20.8 Å². The van der Waals surface area contributed by atoms with E-state index in [0.717, 1.165) is 25.9 Å². The zero-order chi connectivity index (χ0) is 12.9. The molecule has 0 saturated carbocycles. The van der Waals surface area contributed by atoms with Crippen LogP contribution in [0.5, 0.6) is 0 Å². The van der Waals surface area contributed by atoms with Crippen LogP contribution in [-0.2, 0) is 9.53 Å². The van der Waals surface area contributed by atoms with Crippen LogP contribution in [-0.4, -0.2) is 60.5 Å². The molecule has 0 aromatic rings. The smallest absolute Gasteiger partial charge is 0.410 e. The van der Waals surface area contributed by atoms with Gasteiger partial charge in [0.05, 0.1) is 0 Å². The Morgan fingerprint density at radius 2 is 1.82 bits per heavy atom. The summed E-state index contributed by atoms with van der Waals surface area (Å²) in [4.78, 5) is 25.9. The Kier molecular flexibility index (Phi) is 4.93. The minimum absolute atomic E-state index is 0.243. The van der Waals surface area contributed by atoms with Gasteiger partial charge < -0.3 is 14.4 Å². The third-order valence-corrected chi connectivity index (χ3v) is 2.59. The van der Waals surface area contributed by atoms with Crippen molar-refractivity contribution in [3.05, 3.63) is 0 Å². The Morgan fingerprint density at radius 3 is 2.29 bits per heavy atom. The van der Waals surface area contributed by atoms with Crippen LogP contribution in [0, 0.1) is 0 Å². The Bertz CT molecular complexity index is 265. The quantitative estimate of drug-likeness (QED) is 0.696. The first-order valence-electron chi connectivity index (χ1n) is 6.06. The van der Waals surface area contributed by atoms with Crippen LogP contribution >= 0.6 is 0 Å². The van der Waals surface area contributed by atoms with E-state index in [0.29, 0.717) is 19.5 Å². The van der Waals surface area contributed by atoms with Crippen molar-refractivity contribution in [3.63, 3.8) is 0 Å². The molecule has 0 radical (unpaired) electrons. The molecule has 0 unspecified atom stereocenters. The Morgan fingerprint density at radius 1 is 1.24 bits per heavy atom. The minimum Gasteiger partial charge on any atom is -0.444 e. The highest BCUT2D eigenvalue weighted by atomic mass is 16.6. The molecule has 1 heterocycles. The van der Waals surface area contributed by atoms with E-state index in [1.807, 2.05) is 20.8 Å². The van der Waals surface area contributed by atoms with Crippen LogP contribution in [0.4, 0.5) is 4.79 Å². The summed E-state index contributed by atoms with van der Waals surface area (Å²) < 4.78 is 5.31. The molecule has 1 aliphatic rings. The van der Waals surface area contributed by atoms with Crippen molar-refractivity contribution in [2.75, 3.05) is 32.7 Å². The fraction of sp³-hybridized carbons (Fsp3) is 0.833. The molecule has 5 nitrogen and oxygen atoms in total. The Balaban J connectivity index is 2.31. The minimum atomic E-state index is -0.439. The maximum absolute atomic E-state index is 11.8. The molecule has 0 aromatic carbocycles. The molecule has 0 bridgehead atoms. The standard InChI is InChI=1S/C12H22N2O3/c1-12(2,3)17-11(16)14-8-6-13(7-9-14)5-4-10-15/h10H,4-9H2,1-3H3. The van der Waals surface area contributed by atoms with E-state index < -0.39 is 5.60 Å². The zero-order valence-electron chi connectivity index (χ0n) is 10.9. The molecule has 98 valence electrons. The molecular weight excluding hydrogens is 220 g/mol. The van der Waals surface area contributed by atoms with Crippen molar-refractivity contribution in [1.29, 1.82) is 0 Å². The van der Waals surface area contributed by atoms with Crippen LogP contribution in [0.15, 0.2) is 0 Å². The van der Waals surface area contributed by atoms with E-state index in [2.05, 4.69) is 4.90 Å². The first-order chi connectivity index (χ1) is 7.92. The van der Waals surface area contributed by atoms with Crippen molar-refractivity contribution in [2.45, 2.75) is 32.8 Å². The molecule has 0 N–H and O–H groups in total. The van der Waals surface area contributed by atoms with Gasteiger partial charge in [0.15, 0.2) is 0 Å². The summed E-state index contributed by atoms with van der Waals surface area (Å²) in [6.45, 7) is 9.36. The predicted octanol–water partition coefficient (Wildman–Crippen LogP) is 1.13. The maximum Gasteiger partial charge on any atom is 0.410 e. The molecule has 1 saturated heterocycles. The lowest BCUT2D eigenvalue weighted by molar-refractivity contribution is -0.108. The second kappa shape index (κ2) is 6.00. The summed E-state index contributed by atoms with van der Waals surface area (Å²) in [6.07, 6.45) is 1.25. The lowest BCUT2D eigenvalue weighted by atomic mass is 10.2. The molecule has 0 aromatic heterocycles. The summed E-state index contributed by atoms with van der Waals surface area (Å²) in [5, 5.41) is 0. The Hall–Kier alpha value is -1.10. The predicted molar refractivity (Wildman–Crippen MR) is 64.9 cm³/mol. The van der Waals surface area contributed by atoms with Crippen molar-refractivity contribution in [2.24, 2.45) is 0 Å². The van der Waals surface area contributed by atoms with Gasteiger partial charge in [-0.2, -0.15) is 0 Å². The number of ether oxygens (including phenoxy) is 1. The molecule has 17 heavy (non-hydrogen) atoms. The SMILES string of the molecule is CC(C)(C)OC(=O)N1CCN(CCC=O)CC1. The van der Waals surface area contributed by atoms with Crippen LogP contribution < -0.4 is 0 Å². The summed E-state index contributed by atoms with van der Waals surface area (Å²) in [7, 11) is 0. The molecule has 5 heteroatoms. The summed E-state index contributed by atoms with van der Waals surface area (Å²) in [6, 6.07) is 0. The van der Waals surface area contributed by atoms with E-state index in [4.69, 9.17) is 4.74 Å². The average molecular weight is 242 g/mol. The topological polar surface area (TPSA) is 49.9 Å². The second-order valence-corrected chi connectivity index (χ2v) is 5.26. The molecular formula is C12H22N2O3. The number of carbonyl (C=O) groups is 2. The number of piperazine rings is 1. The van der Waals surface area contributed by atoms with Crippen molar-refractivity contribution < 1.29 is 14.3 Å². The van der Waals surface area contributed by atoms with Crippen LogP contribution in [0.2, 0.25) is 0 Å². The van der Waals surface area contributed by atoms with Gasteiger partial charge in [0.1, 0.15) is 11.9 Å². The molecule has 0 spiro atoms. The number of carbonyl (C=O) groups excluding carboxylic acids is 2. The molecule has 1 amide bonds. The van der Waals surface area contributed by atoms with E-state index in [1.165, 1.54) is 0 Å². The van der Waals surface area contributed by atoms with Gasteiger partial charge in [-0.15, -0.1) is 0 Å². The van der Waals surface area contributed by atoms with Crippen LogP contribution in [0.25, 0.3) is 0 Å². The number of aldehydes is 1. The van der Waals surface area contributed by atoms with Gasteiger partial charge in [-0.1, -0.05) is 0 Å². The van der Waals surface area contributed by atoms with Crippen molar-refractivity contribution in [1.82, 2.24) is 9.80 Å². The third-order valence-electron chi connectivity index (χ3n) is 2.59. The molecule has 0 aliphatic carbocycles. The van der Waals surface area contributed by atoms with E-state index >= 15 is 0 Å². The normalized spacial score (nSPS) is 17.9. The van der Waals surface area contributed by atoms with Gasteiger partial charge in [0, 0.05) is 39.1 Å². The van der Waals surface area contributed by atoms with Gasteiger partial charge in [-0.3, -0.25) is 4.90 Å². The summed E-state index contributed by atoms with van der Waals surface area (Å²) in [5.41, 5.74) is -0.439. The molecule has 1 fully saturated rings. The van der Waals surface area contributed by atoms with Gasteiger partial charge in [0.25, 0.3) is 0 Å². The maximum atomic E-state index is 11.8. The monoisotopic (exact) mass is 242 g/mol. The van der Waals surface area contributed by atoms with Crippen molar-refractivity contribution >= 4 is 12.4 Å². The average Bonchev–Trinajstić information content (AvgIpc) is 2.24. The highest BCUT2D eigenvalue weighted by Gasteiger charge is 2.25. The highest BCUT2D eigenvalue weighted by Crippen LogP contribution is 2.11.